The van der Waals surface area contributed by atoms with Crippen molar-refractivity contribution >= 4 is 5.90 Å². The maximum atomic E-state index is 5.79. The fourth-order valence-electron chi connectivity index (χ4n) is 3.14. The number of nitrogens with zero attached hydrogens (tertiary/aromatic N) is 2. The Morgan fingerprint density at radius 3 is 2.59 bits per heavy atom. The minimum atomic E-state index is 0.307. The number of rotatable bonds is 4. The summed E-state index contributed by atoms with van der Waals surface area (Å²) in [6.45, 7) is 10.2. The number of hydrogen-bond acceptors (Lipinski definition) is 2. The molecule has 1 aliphatic rings. The highest BCUT2D eigenvalue weighted by molar-refractivity contribution is 5.93. The number of benzene rings is 1. The fourth-order valence-corrected chi connectivity index (χ4v) is 3.14. The average molecular weight is 296 g/mol. The van der Waals surface area contributed by atoms with Gasteiger partial charge < -0.3 is 9.30 Å². The Morgan fingerprint density at radius 1 is 1.23 bits per heavy atom. The topological polar surface area (TPSA) is 26.5 Å². The maximum absolute atomic E-state index is 5.79. The molecule has 0 unspecified atom stereocenters. The minimum Gasteiger partial charge on any atom is -0.474 e. The molecule has 116 valence electrons. The molecule has 0 bridgehead atoms. The van der Waals surface area contributed by atoms with Gasteiger partial charge in [0.25, 0.3) is 0 Å². The van der Waals surface area contributed by atoms with Crippen LogP contribution in [-0.2, 0) is 11.3 Å². The predicted molar refractivity (Wildman–Crippen MR) is 90.8 cm³/mol. The molecule has 1 aliphatic heterocycles. The summed E-state index contributed by atoms with van der Waals surface area (Å²) in [4.78, 5) is 4.68. The lowest BCUT2D eigenvalue weighted by Gasteiger charge is -2.14. The maximum Gasteiger partial charge on any atom is 0.233 e. The molecular weight excluding hydrogens is 272 g/mol. The monoisotopic (exact) mass is 296 g/mol. The molecule has 0 aliphatic carbocycles. The molecule has 0 N–H and O–H groups in total. The zero-order valence-corrected chi connectivity index (χ0v) is 13.9. The molecule has 2 heterocycles. The van der Waals surface area contributed by atoms with Crippen molar-refractivity contribution in [1.29, 1.82) is 0 Å². The van der Waals surface area contributed by atoms with Gasteiger partial charge in [0.2, 0.25) is 5.90 Å². The van der Waals surface area contributed by atoms with E-state index in [-0.39, 0.29) is 0 Å². The number of aryl methyl sites for hydroxylation is 3. The Bertz CT molecular complexity index is 689. The van der Waals surface area contributed by atoms with Crippen LogP contribution >= 0.6 is 0 Å². The van der Waals surface area contributed by atoms with Crippen LogP contribution < -0.4 is 0 Å². The molecular formula is C19H24N2O. The van der Waals surface area contributed by atoms with Crippen LogP contribution in [0.1, 0.15) is 41.3 Å². The van der Waals surface area contributed by atoms with Crippen molar-refractivity contribution < 1.29 is 4.74 Å². The highest BCUT2D eigenvalue weighted by Crippen LogP contribution is 2.20. The molecule has 0 saturated heterocycles. The second kappa shape index (κ2) is 5.99. The first kappa shape index (κ1) is 14.9. The normalized spacial score (nSPS) is 17.5. The molecule has 0 radical (unpaired) electrons. The summed E-state index contributed by atoms with van der Waals surface area (Å²) < 4.78 is 8.03. The van der Waals surface area contributed by atoms with Gasteiger partial charge in [0.15, 0.2) is 0 Å². The van der Waals surface area contributed by atoms with Crippen LogP contribution in [-0.4, -0.2) is 23.1 Å². The average Bonchev–Trinajstić information content (AvgIpc) is 3.11. The van der Waals surface area contributed by atoms with E-state index >= 15 is 0 Å². The Kier molecular flexibility index (Phi) is 4.06. The molecule has 2 aromatic rings. The van der Waals surface area contributed by atoms with E-state index in [2.05, 4.69) is 67.7 Å². The minimum absolute atomic E-state index is 0.307. The summed E-state index contributed by atoms with van der Waals surface area (Å²) in [6, 6.07) is 8.97. The predicted octanol–water partition coefficient (Wildman–Crippen LogP) is 4.02. The van der Waals surface area contributed by atoms with Crippen molar-refractivity contribution in [1.82, 2.24) is 4.57 Å². The Hall–Kier alpha value is -2.03. The van der Waals surface area contributed by atoms with Gasteiger partial charge in [0.1, 0.15) is 12.3 Å². The Labute approximate surface area is 132 Å². The van der Waals surface area contributed by atoms with Crippen molar-refractivity contribution in [2.45, 2.75) is 46.7 Å². The Balaban J connectivity index is 1.91. The lowest BCUT2D eigenvalue weighted by molar-refractivity contribution is 0.313. The molecule has 0 saturated carbocycles. The van der Waals surface area contributed by atoms with E-state index in [1.165, 1.54) is 22.3 Å². The van der Waals surface area contributed by atoms with E-state index in [1.54, 1.807) is 0 Å². The van der Waals surface area contributed by atoms with Gasteiger partial charge in [0.05, 0.1) is 6.04 Å². The summed E-state index contributed by atoms with van der Waals surface area (Å²) in [5.74, 6) is 0.791. The number of aliphatic imine (C=N–C) groups is 1. The second-order valence-electron chi connectivity index (χ2n) is 6.21. The van der Waals surface area contributed by atoms with E-state index in [9.17, 15) is 0 Å². The highest BCUT2D eigenvalue weighted by Gasteiger charge is 2.21. The lowest BCUT2D eigenvalue weighted by atomic mass is 10.00. The second-order valence-corrected chi connectivity index (χ2v) is 6.21. The van der Waals surface area contributed by atoms with Crippen LogP contribution in [0.4, 0.5) is 0 Å². The van der Waals surface area contributed by atoms with Crippen LogP contribution in [0, 0.1) is 20.8 Å². The molecule has 0 spiro atoms. The van der Waals surface area contributed by atoms with Crippen molar-refractivity contribution in [2.75, 3.05) is 6.61 Å². The lowest BCUT2D eigenvalue weighted by Crippen LogP contribution is -2.12. The summed E-state index contributed by atoms with van der Waals surface area (Å²) in [5, 5.41) is 0. The largest absolute Gasteiger partial charge is 0.474 e. The molecule has 0 fully saturated rings. The molecule has 3 heteroatoms. The smallest absolute Gasteiger partial charge is 0.233 e. The first-order chi connectivity index (χ1) is 10.6. The van der Waals surface area contributed by atoms with Gasteiger partial charge in [-0.15, -0.1) is 0 Å². The fraction of sp³-hybridized carbons (Fsp3) is 0.421. The van der Waals surface area contributed by atoms with Crippen molar-refractivity contribution in [3.8, 4) is 0 Å². The van der Waals surface area contributed by atoms with Gasteiger partial charge in [-0.05, 0) is 56.0 Å². The van der Waals surface area contributed by atoms with Crippen LogP contribution in [0.3, 0.4) is 0 Å². The van der Waals surface area contributed by atoms with E-state index in [4.69, 9.17) is 4.74 Å². The molecule has 1 atom stereocenters. The first-order valence-corrected chi connectivity index (χ1v) is 8.01. The van der Waals surface area contributed by atoms with Crippen LogP contribution in [0.2, 0.25) is 0 Å². The third-order valence-electron chi connectivity index (χ3n) is 4.40. The summed E-state index contributed by atoms with van der Waals surface area (Å²) in [5.41, 5.74) is 6.47. The van der Waals surface area contributed by atoms with Gasteiger partial charge in [-0.2, -0.15) is 0 Å². The van der Waals surface area contributed by atoms with Crippen LogP contribution in [0.15, 0.2) is 35.5 Å². The van der Waals surface area contributed by atoms with E-state index in [0.29, 0.717) is 12.6 Å². The van der Waals surface area contributed by atoms with Crippen LogP contribution in [0.25, 0.3) is 0 Å². The van der Waals surface area contributed by atoms with Crippen molar-refractivity contribution in [2.24, 2.45) is 4.99 Å². The summed E-state index contributed by atoms with van der Waals surface area (Å²) in [6.07, 6.45) is 3.14. The van der Waals surface area contributed by atoms with E-state index in [0.717, 1.165) is 24.6 Å². The molecule has 1 aromatic carbocycles. The van der Waals surface area contributed by atoms with Gasteiger partial charge in [0, 0.05) is 12.7 Å². The highest BCUT2D eigenvalue weighted by atomic mass is 16.5. The van der Waals surface area contributed by atoms with Gasteiger partial charge >= 0.3 is 0 Å². The standard InChI is InChI=1S/C19H24N2O/c1-5-16-12-22-19(20-16)18-7-6-8-21(18)11-17-14(3)9-13(2)10-15(17)4/h6-10,16H,5,11-12H2,1-4H3/t16-/m1/s1. The molecule has 0 amide bonds. The number of hydrogen-bond donors (Lipinski definition) is 0. The quantitative estimate of drug-likeness (QED) is 0.837. The van der Waals surface area contributed by atoms with Gasteiger partial charge in [-0.3, -0.25) is 0 Å². The first-order valence-electron chi connectivity index (χ1n) is 8.01. The van der Waals surface area contributed by atoms with Crippen LogP contribution in [0.5, 0.6) is 0 Å². The third kappa shape index (κ3) is 2.80. The molecule has 1 aromatic heterocycles. The number of ether oxygens (including phenoxy) is 1. The van der Waals surface area contributed by atoms with E-state index in [1.807, 2.05) is 0 Å². The summed E-state index contributed by atoms with van der Waals surface area (Å²) >= 11 is 0. The zero-order chi connectivity index (χ0) is 15.7. The van der Waals surface area contributed by atoms with Crippen molar-refractivity contribution in [3.63, 3.8) is 0 Å². The molecule has 3 rings (SSSR count). The van der Waals surface area contributed by atoms with E-state index < -0.39 is 0 Å². The molecule has 3 nitrogen and oxygen atoms in total. The van der Waals surface area contributed by atoms with Gasteiger partial charge in [-0.25, -0.2) is 4.99 Å². The SMILES string of the molecule is CC[C@@H]1COC(c2cccn2Cc2c(C)cc(C)cc2C)=N1. The summed E-state index contributed by atoms with van der Waals surface area (Å²) in [7, 11) is 0. The zero-order valence-electron chi connectivity index (χ0n) is 13.9. The third-order valence-corrected chi connectivity index (χ3v) is 4.40. The van der Waals surface area contributed by atoms with Gasteiger partial charge in [-0.1, -0.05) is 24.6 Å². The number of aromatic nitrogens is 1. The Morgan fingerprint density at radius 2 is 1.95 bits per heavy atom. The van der Waals surface area contributed by atoms with Crippen molar-refractivity contribution in [3.05, 3.63) is 58.4 Å². The molecule has 22 heavy (non-hydrogen) atoms.